The van der Waals surface area contributed by atoms with Gasteiger partial charge >= 0.3 is 5.97 Å². The molecule has 0 radical (unpaired) electrons. The van der Waals surface area contributed by atoms with E-state index in [0.29, 0.717) is 13.0 Å². The van der Waals surface area contributed by atoms with Gasteiger partial charge in [0, 0.05) is 12.5 Å². The Morgan fingerprint density at radius 2 is 2.31 bits per heavy atom. The minimum Gasteiger partial charge on any atom is -0.481 e. The van der Waals surface area contributed by atoms with Crippen LogP contribution in [0.4, 0.5) is 4.39 Å². The molecule has 1 heterocycles. The van der Waals surface area contributed by atoms with Gasteiger partial charge in [-0.2, -0.15) is 0 Å². The minimum atomic E-state index is -0.881. The maximum Gasteiger partial charge on any atom is 0.309 e. The average molecular weight is 224 g/mol. The van der Waals surface area contributed by atoms with Crippen molar-refractivity contribution in [1.29, 1.82) is 0 Å². The molecule has 86 valence electrons. The van der Waals surface area contributed by atoms with Crippen molar-refractivity contribution in [3.05, 3.63) is 35.6 Å². The van der Waals surface area contributed by atoms with Crippen molar-refractivity contribution >= 4 is 5.97 Å². The Labute approximate surface area is 92.9 Å². The normalized spacial score (nSPS) is 25.3. The van der Waals surface area contributed by atoms with E-state index in [2.05, 4.69) is 0 Å². The topological polar surface area (TPSA) is 46.5 Å². The molecule has 0 spiro atoms. The Morgan fingerprint density at radius 3 is 3.00 bits per heavy atom. The van der Waals surface area contributed by atoms with Crippen LogP contribution in [0.15, 0.2) is 24.3 Å². The highest BCUT2D eigenvalue weighted by Crippen LogP contribution is 2.32. The molecule has 0 aromatic heterocycles. The lowest BCUT2D eigenvalue weighted by Crippen LogP contribution is -2.32. The summed E-state index contributed by atoms with van der Waals surface area (Å²) in [7, 11) is 0. The Morgan fingerprint density at radius 1 is 1.50 bits per heavy atom. The first-order valence-electron chi connectivity index (χ1n) is 5.24. The highest BCUT2D eigenvalue weighted by atomic mass is 19.1. The number of aliphatic carboxylic acids is 1. The van der Waals surface area contributed by atoms with Gasteiger partial charge < -0.3 is 9.84 Å². The third kappa shape index (κ3) is 2.22. The van der Waals surface area contributed by atoms with E-state index in [1.165, 1.54) is 12.1 Å². The van der Waals surface area contributed by atoms with Crippen LogP contribution in [0.5, 0.6) is 0 Å². The number of halogens is 1. The molecule has 16 heavy (non-hydrogen) atoms. The number of carboxylic acid groups (broad SMARTS) is 1. The predicted octanol–water partition coefficient (Wildman–Crippen LogP) is 2.03. The lowest BCUT2D eigenvalue weighted by molar-refractivity contribution is -0.147. The fourth-order valence-corrected chi connectivity index (χ4v) is 2.12. The lowest BCUT2D eigenvalue weighted by Gasteiger charge is -2.28. The van der Waals surface area contributed by atoms with E-state index in [9.17, 15) is 9.18 Å². The van der Waals surface area contributed by atoms with Gasteiger partial charge in [-0.1, -0.05) is 12.1 Å². The highest BCUT2D eigenvalue weighted by Gasteiger charge is 2.32. The van der Waals surface area contributed by atoms with Crippen LogP contribution in [0, 0.1) is 11.7 Å². The molecule has 0 saturated carbocycles. The van der Waals surface area contributed by atoms with Crippen molar-refractivity contribution in [3.63, 3.8) is 0 Å². The average Bonchev–Trinajstić information content (AvgIpc) is 2.29. The fraction of sp³-hybridized carbons (Fsp3) is 0.417. The standard InChI is InChI=1S/C12H13FO3/c13-9-3-1-2-8(6-9)10-4-5-16-7-11(10)12(14)15/h1-3,6,10-11H,4-5,7H2,(H,14,15). The molecule has 2 rings (SSSR count). The Hall–Kier alpha value is -1.42. The minimum absolute atomic E-state index is 0.151. The lowest BCUT2D eigenvalue weighted by atomic mass is 9.83. The van der Waals surface area contributed by atoms with E-state index in [4.69, 9.17) is 9.84 Å². The second-order valence-corrected chi connectivity index (χ2v) is 3.97. The molecule has 2 unspecified atom stereocenters. The van der Waals surface area contributed by atoms with E-state index in [0.717, 1.165) is 5.56 Å². The Balaban J connectivity index is 2.26. The van der Waals surface area contributed by atoms with E-state index >= 15 is 0 Å². The zero-order chi connectivity index (χ0) is 11.5. The summed E-state index contributed by atoms with van der Waals surface area (Å²) in [5, 5.41) is 9.07. The summed E-state index contributed by atoms with van der Waals surface area (Å²) in [6.45, 7) is 0.738. The SMILES string of the molecule is O=C(O)C1COCCC1c1cccc(F)c1. The maximum atomic E-state index is 13.1. The third-order valence-corrected chi connectivity index (χ3v) is 2.95. The van der Waals surface area contributed by atoms with Crippen LogP contribution in [0.3, 0.4) is 0 Å². The quantitative estimate of drug-likeness (QED) is 0.836. The third-order valence-electron chi connectivity index (χ3n) is 2.95. The van der Waals surface area contributed by atoms with Gasteiger partial charge in [0.05, 0.1) is 12.5 Å². The van der Waals surface area contributed by atoms with Crippen molar-refractivity contribution in [1.82, 2.24) is 0 Å². The largest absolute Gasteiger partial charge is 0.481 e. The van der Waals surface area contributed by atoms with Crippen molar-refractivity contribution in [2.45, 2.75) is 12.3 Å². The van der Waals surface area contributed by atoms with Crippen LogP contribution in [0.2, 0.25) is 0 Å². The molecular weight excluding hydrogens is 211 g/mol. The summed E-state index contributed by atoms with van der Waals surface area (Å²) in [5.74, 6) is -1.93. The van der Waals surface area contributed by atoms with Crippen molar-refractivity contribution in [2.75, 3.05) is 13.2 Å². The summed E-state index contributed by atoms with van der Waals surface area (Å²) in [6.07, 6.45) is 0.625. The first-order valence-corrected chi connectivity index (χ1v) is 5.24. The van der Waals surface area contributed by atoms with Crippen LogP contribution in [-0.4, -0.2) is 24.3 Å². The van der Waals surface area contributed by atoms with Gasteiger partial charge in [0.15, 0.2) is 0 Å². The van der Waals surface area contributed by atoms with Gasteiger partial charge in [0.1, 0.15) is 5.82 Å². The van der Waals surface area contributed by atoms with Gasteiger partial charge in [0.25, 0.3) is 0 Å². The smallest absolute Gasteiger partial charge is 0.309 e. The highest BCUT2D eigenvalue weighted by molar-refractivity contribution is 5.71. The van der Waals surface area contributed by atoms with Gasteiger partial charge in [-0.05, 0) is 24.1 Å². The molecule has 1 saturated heterocycles. The predicted molar refractivity (Wildman–Crippen MR) is 55.7 cm³/mol. The first kappa shape index (κ1) is 11.1. The molecular formula is C12H13FO3. The van der Waals surface area contributed by atoms with Crippen LogP contribution in [-0.2, 0) is 9.53 Å². The van der Waals surface area contributed by atoms with Crippen molar-refractivity contribution < 1.29 is 19.0 Å². The number of benzene rings is 1. The maximum absolute atomic E-state index is 13.1. The van der Waals surface area contributed by atoms with E-state index in [1.54, 1.807) is 12.1 Å². The Bertz CT molecular complexity index is 392. The number of carbonyl (C=O) groups is 1. The molecule has 1 aromatic rings. The summed E-state index contributed by atoms with van der Waals surface area (Å²) in [5.41, 5.74) is 0.746. The summed E-state index contributed by atoms with van der Waals surface area (Å²) >= 11 is 0. The molecule has 2 atom stereocenters. The van der Waals surface area contributed by atoms with Crippen LogP contribution in [0.1, 0.15) is 17.9 Å². The number of carboxylic acids is 1. The fourth-order valence-electron chi connectivity index (χ4n) is 2.12. The van der Waals surface area contributed by atoms with Crippen LogP contribution < -0.4 is 0 Å². The van der Waals surface area contributed by atoms with Gasteiger partial charge in [-0.15, -0.1) is 0 Å². The van der Waals surface area contributed by atoms with Gasteiger partial charge in [-0.3, -0.25) is 4.79 Å². The monoisotopic (exact) mass is 224 g/mol. The second-order valence-electron chi connectivity index (χ2n) is 3.97. The number of hydrogen-bond donors (Lipinski definition) is 1. The van der Waals surface area contributed by atoms with Gasteiger partial charge in [-0.25, -0.2) is 4.39 Å². The first-order chi connectivity index (χ1) is 7.68. The molecule has 3 nitrogen and oxygen atoms in total. The number of ether oxygens (including phenoxy) is 1. The molecule has 1 aliphatic rings. The molecule has 1 N–H and O–H groups in total. The van der Waals surface area contributed by atoms with E-state index < -0.39 is 11.9 Å². The van der Waals surface area contributed by atoms with E-state index in [-0.39, 0.29) is 18.3 Å². The second kappa shape index (κ2) is 4.61. The van der Waals surface area contributed by atoms with Crippen LogP contribution >= 0.6 is 0 Å². The van der Waals surface area contributed by atoms with Gasteiger partial charge in [0.2, 0.25) is 0 Å². The van der Waals surface area contributed by atoms with Crippen molar-refractivity contribution in [3.8, 4) is 0 Å². The molecule has 0 amide bonds. The molecule has 1 aromatic carbocycles. The summed E-state index contributed by atoms with van der Waals surface area (Å²) in [6, 6.07) is 6.15. The molecule has 0 aliphatic carbocycles. The Kier molecular flexibility index (Phi) is 3.19. The molecule has 0 bridgehead atoms. The molecule has 1 fully saturated rings. The molecule has 1 aliphatic heterocycles. The zero-order valence-electron chi connectivity index (χ0n) is 8.73. The van der Waals surface area contributed by atoms with Crippen molar-refractivity contribution in [2.24, 2.45) is 5.92 Å². The number of hydrogen-bond acceptors (Lipinski definition) is 2. The summed E-state index contributed by atoms with van der Waals surface area (Å²) in [4.78, 5) is 11.0. The zero-order valence-corrected chi connectivity index (χ0v) is 8.73. The van der Waals surface area contributed by atoms with E-state index in [1.807, 2.05) is 0 Å². The van der Waals surface area contributed by atoms with Crippen LogP contribution in [0.25, 0.3) is 0 Å². The summed E-state index contributed by atoms with van der Waals surface area (Å²) < 4.78 is 18.2. The number of rotatable bonds is 2. The molecule has 4 heteroatoms.